The average molecular weight is 335 g/mol. The van der Waals surface area contributed by atoms with Crippen LogP contribution in [0.25, 0.3) is 0 Å². The molecule has 1 aromatic rings. The molecule has 3 N–H and O–H groups in total. The van der Waals surface area contributed by atoms with Crippen molar-refractivity contribution in [1.29, 1.82) is 0 Å². The van der Waals surface area contributed by atoms with Crippen LogP contribution in [0.4, 0.5) is 0 Å². The molecule has 7 heteroatoms. The Labute approximate surface area is 132 Å². The number of carbonyl (C=O) groups is 1. The van der Waals surface area contributed by atoms with E-state index < -0.39 is 9.84 Å². The summed E-state index contributed by atoms with van der Waals surface area (Å²) in [5, 5.41) is 2.84. The van der Waals surface area contributed by atoms with Crippen LogP contribution in [0, 0.1) is 0 Å². The number of hydrogen-bond donors (Lipinski definition) is 2. The number of sulfone groups is 1. The number of hydrogen-bond acceptors (Lipinski definition) is 4. The standard InChI is InChI=1S/C14H22N2O3S.ClH/c1-3-4-7-12(10-15)16-14(17)11-6-5-8-13(9-11)20(2,18)19;/h5-6,8-9,12H,3-4,7,10,15H2,1-2H3,(H,16,17);1H. The van der Waals surface area contributed by atoms with E-state index in [0.29, 0.717) is 12.1 Å². The van der Waals surface area contributed by atoms with Crippen LogP contribution in [0.2, 0.25) is 0 Å². The van der Waals surface area contributed by atoms with Crippen molar-refractivity contribution >= 4 is 28.2 Å². The minimum absolute atomic E-state index is 0. The van der Waals surface area contributed by atoms with Crippen LogP contribution in [-0.4, -0.2) is 33.2 Å². The molecular formula is C14H23ClN2O3S. The normalized spacial score (nSPS) is 12.3. The second kappa shape index (κ2) is 9.02. The van der Waals surface area contributed by atoms with Crippen molar-refractivity contribution in [2.75, 3.05) is 12.8 Å². The third kappa shape index (κ3) is 6.46. The fourth-order valence-electron chi connectivity index (χ4n) is 1.84. The van der Waals surface area contributed by atoms with Gasteiger partial charge in [0.15, 0.2) is 9.84 Å². The predicted octanol–water partition coefficient (Wildman–Crippen LogP) is 1.76. The van der Waals surface area contributed by atoms with Crippen LogP contribution in [0.3, 0.4) is 0 Å². The molecule has 0 aliphatic carbocycles. The zero-order valence-corrected chi connectivity index (χ0v) is 14.0. The number of carbonyl (C=O) groups excluding carboxylic acids is 1. The average Bonchev–Trinajstić information content (AvgIpc) is 2.42. The first kappa shape index (κ1) is 19.9. The van der Waals surface area contributed by atoms with Gasteiger partial charge in [-0.05, 0) is 24.6 Å². The molecule has 0 aliphatic heterocycles. The van der Waals surface area contributed by atoms with Gasteiger partial charge in [-0.3, -0.25) is 4.79 Å². The van der Waals surface area contributed by atoms with Crippen molar-refractivity contribution in [2.24, 2.45) is 5.73 Å². The molecule has 0 spiro atoms. The highest BCUT2D eigenvalue weighted by Crippen LogP contribution is 2.11. The summed E-state index contributed by atoms with van der Waals surface area (Å²) in [6, 6.07) is 5.94. The highest BCUT2D eigenvalue weighted by molar-refractivity contribution is 7.90. The minimum atomic E-state index is -3.31. The first-order valence-electron chi connectivity index (χ1n) is 6.69. The molecule has 1 aromatic carbocycles. The van der Waals surface area contributed by atoms with Gasteiger partial charge in [0, 0.05) is 24.4 Å². The summed E-state index contributed by atoms with van der Waals surface area (Å²) >= 11 is 0. The van der Waals surface area contributed by atoms with E-state index in [9.17, 15) is 13.2 Å². The Morgan fingerprint density at radius 3 is 2.57 bits per heavy atom. The fourth-order valence-corrected chi connectivity index (χ4v) is 2.50. The van der Waals surface area contributed by atoms with E-state index >= 15 is 0 Å². The van der Waals surface area contributed by atoms with Gasteiger partial charge in [-0.15, -0.1) is 12.4 Å². The Balaban J connectivity index is 0.00000400. The molecule has 1 atom stereocenters. The van der Waals surface area contributed by atoms with E-state index in [2.05, 4.69) is 12.2 Å². The van der Waals surface area contributed by atoms with Gasteiger partial charge in [-0.1, -0.05) is 25.8 Å². The maximum absolute atomic E-state index is 12.1. The summed E-state index contributed by atoms with van der Waals surface area (Å²) < 4.78 is 23.0. The van der Waals surface area contributed by atoms with Gasteiger partial charge in [0.05, 0.1) is 4.90 Å². The topological polar surface area (TPSA) is 89.3 Å². The largest absolute Gasteiger partial charge is 0.348 e. The Hall–Kier alpha value is -1.11. The molecule has 5 nitrogen and oxygen atoms in total. The Bertz CT molecular complexity index is 561. The van der Waals surface area contributed by atoms with Gasteiger partial charge >= 0.3 is 0 Å². The van der Waals surface area contributed by atoms with Crippen molar-refractivity contribution < 1.29 is 13.2 Å². The highest BCUT2D eigenvalue weighted by Gasteiger charge is 2.14. The zero-order valence-electron chi connectivity index (χ0n) is 12.3. The predicted molar refractivity (Wildman–Crippen MR) is 86.6 cm³/mol. The number of nitrogens with two attached hydrogens (primary N) is 1. The first-order chi connectivity index (χ1) is 9.38. The van der Waals surface area contributed by atoms with E-state index in [1.165, 1.54) is 12.1 Å². The Kier molecular flexibility index (Phi) is 8.54. The number of nitrogens with one attached hydrogen (secondary N) is 1. The summed E-state index contributed by atoms with van der Waals surface area (Å²) in [5.41, 5.74) is 5.96. The first-order valence-corrected chi connectivity index (χ1v) is 8.58. The molecule has 0 bridgehead atoms. The summed E-state index contributed by atoms with van der Waals surface area (Å²) in [5.74, 6) is -0.290. The summed E-state index contributed by atoms with van der Waals surface area (Å²) in [6.45, 7) is 2.45. The molecule has 0 fully saturated rings. The summed E-state index contributed by atoms with van der Waals surface area (Å²) in [6.07, 6.45) is 3.97. The van der Waals surface area contributed by atoms with Crippen LogP contribution >= 0.6 is 12.4 Å². The van der Waals surface area contributed by atoms with E-state index in [1.54, 1.807) is 12.1 Å². The number of amides is 1. The van der Waals surface area contributed by atoms with Gasteiger partial charge in [-0.25, -0.2) is 8.42 Å². The molecule has 0 saturated heterocycles. The third-order valence-corrected chi connectivity index (χ3v) is 4.16. The molecule has 0 aliphatic rings. The zero-order chi connectivity index (χ0) is 15.2. The highest BCUT2D eigenvalue weighted by atomic mass is 35.5. The molecule has 21 heavy (non-hydrogen) atoms. The lowest BCUT2D eigenvalue weighted by molar-refractivity contribution is 0.0935. The number of halogens is 1. The van der Waals surface area contributed by atoms with Gasteiger partial charge in [0.2, 0.25) is 0 Å². The van der Waals surface area contributed by atoms with Crippen LogP contribution in [0.1, 0.15) is 36.5 Å². The monoisotopic (exact) mass is 334 g/mol. The second-order valence-electron chi connectivity index (χ2n) is 4.85. The number of benzene rings is 1. The molecule has 0 heterocycles. The fraction of sp³-hybridized carbons (Fsp3) is 0.500. The molecule has 1 unspecified atom stereocenters. The van der Waals surface area contributed by atoms with Crippen molar-refractivity contribution in [3.63, 3.8) is 0 Å². The molecule has 0 saturated carbocycles. The quantitative estimate of drug-likeness (QED) is 0.795. The van der Waals surface area contributed by atoms with Gasteiger partial charge in [0.1, 0.15) is 0 Å². The minimum Gasteiger partial charge on any atom is -0.348 e. The SMILES string of the molecule is CCCCC(CN)NC(=O)c1cccc(S(C)(=O)=O)c1.Cl. The molecule has 0 radical (unpaired) electrons. The Morgan fingerprint density at radius 2 is 2.05 bits per heavy atom. The molecule has 120 valence electrons. The molecule has 1 amide bonds. The second-order valence-corrected chi connectivity index (χ2v) is 6.86. The van der Waals surface area contributed by atoms with Crippen LogP contribution in [0.15, 0.2) is 29.2 Å². The number of rotatable bonds is 7. The Morgan fingerprint density at radius 1 is 1.38 bits per heavy atom. The lowest BCUT2D eigenvalue weighted by Crippen LogP contribution is -2.40. The molecule has 0 aromatic heterocycles. The molecule has 1 rings (SSSR count). The van der Waals surface area contributed by atoms with Crippen LogP contribution < -0.4 is 11.1 Å². The van der Waals surface area contributed by atoms with Crippen molar-refractivity contribution in [3.8, 4) is 0 Å². The van der Waals surface area contributed by atoms with Gasteiger partial charge in [0.25, 0.3) is 5.91 Å². The van der Waals surface area contributed by atoms with Crippen LogP contribution in [-0.2, 0) is 9.84 Å². The van der Waals surface area contributed by atoms with Crippen molar-refractivity contribution in [1.82, 2.24) is 5.32 Å². The summed E-state index contributed by atoms with van der Waals surface area (Å²) in [7, 11) is -3.31. The smallest absolute Gasteiger partial charge is 0.251 e. The molecular weight excluding hydrogens is 312 g/mol. The van der Waals surface area contributed by atoms with E-state index in [4.69, 9.17) is 5.73 Å². The third-order valence-electron chi connectivity index (χ3n) is 3.05. The van der Waals surface area contributed by atoms with Gasteiger partial charge < -0.3 is 11.1 Å². The summed E-state index contributed by atoms with van der Waals surface area (Å²) in [4.78, 5) is 12.2. The van der Waals surface area contributed by atoms with E-state index in [-0.39, 0.29) is 29.3 Å². The van der Waals surface area contributed by atoms with E-state index in [0.717, 1.165) is 25.5 Å². The van der Waals surface area contributed by atoms with Crippen molar-refractivity contribution in [3.05, 3.63) is 29.8 Å². The lowest BCUT2D eigenvalue weighted by atomic mass is 10.1. The maximum Gasteiger partial charge on any atom is 0.251 e. The maximum atomic E-state index is 12.1. The van der Waals surface area contributed by atoms with Crippen molar-refractivity contribution in [2.45, 2.75) is 37.1 Å². The van der Waals surface area contributed by atoms with Crippen LogP contribution in [0.5, 0.6) is 0 Å². The van der Waals surface area contributed by atoms with E-state index in [1.807, 2.05) is 0 Å². The number of unbranched alkanes of at least 4 members (excludes halogenated alkanes) is 1. The van der Waals surface area contributed by atoms with Gasteiger partial charge in [-0.2, -0.15) is 0 Å². The lowest BCUT2D eigenvalue weighted by Gasteiger charge is -2.16.